The van der Waals surface area contributed by atoms with Gasteiger partial charge in [0.1, 0.15) is 5.82 Å². The van der Waals surface area contributed by atoms with Gasteiger partial charge in [-0.05, 0) is 37.8 Å². The molecule has 0 saturated heterocycles. The minimum absolute atomic E-state index is 0.278. The molecule has 2 aliphatic carbocycles. The molecule has 21 heavy (non-hydrogen) atoms. The van der Waals surface area contributed by atoms with E-state index in [1.807, 2.05) is 16.6 Å². The largest absolute Gasteiger partial charge is 0.379 e. The number of nitrogens with zero attached hydrogens (tertiary/aromatic N) is 4. The van der Waals surface area contributed by atoms with E-state index < -0.39 is 0 Å². The van der Waals surface area contributed by atoms with E-state index in [2.05, 4.69) is 20.6 Å². The summed E-state index contributed by atoms with van der Waals surface area (Å²) < 4.78 is 7.49. The number of methoxy groups -OCH3 is 1. The van der Waals surface area contributed by atoms with Crippen LogP contribution >= 0.6 is 0 Å². The van der Waals surface area contributed by atoms with Gasteiger partial charge in [-0.3, -0.25) is 0 Å². The molecular weight excluding hydrogens is 266 g/mol. The van der Waals surface area contributed by atoms with Crippen LogP contribution in [0, 0.1) is 0 Å². The van der Waals surface area contributed by atoms with Crippen LogP contribution in [-0.4, -0.2) is 39.1 Å². The second kappa shape index (κ2) is 5.26. The summed E-state index contributed by atoms with van der Waals surface area (Å²) in [5.41, 5.74) is 0.828. The molecule has 2 aromatic rings. The van der Waals surface area contributed by atoms with Crippen LogP contribution in [0.3, 0.4) is 0 Å². The van der Waals surface area contributed by atoms with Crippen LogP contribution in [0.5, 0.6) is 0 Å². The van der Waals surface area contributed by atoms with Crippen LogP contribution in [0.1, 0.15) is 50.3 Å². The van der Waals surface area contributed by atoms with Crippen LogP contribution in [-0.2, 0) is 4.74 Å². The molecule has 0 aliphatic heterocycles. The maximum Gasteiger partial charge on any atom is 0.178 e. The molecule has 0 bridgehead atoms. The lowest BCUT2D eigenvalue weighted by atomic mass is 9.92. The molecule has 2 aromatic heterocycles. The van der Waals surface area contributed by atoms with Crippen molar-refractivity contribution in [2.75, 3.05) is 12.4 Å². The van der Waals surface area contributed by atoms with E-state index in [1.54, 1.807) is 7.11 Å². The van der Waals surface area contributed by atoms with Crippen molar-refractivity contribution in [3.63, 3.8) is 0 Å². The van der Waals surface area contributed by atoms with Crippen molar-refractivity contribution in [2.45, 2.75) is 56.6 Å². The maximum atomic E-state index is 5.60. The fraction of sp³-hybridized carbons (Fsp3) is 0.667. The maximum absolute atomic E-state index is 5.60. The number of hydrogen-bond donors (Lipinski definition) is 1. The quantitative estimate of drug-likeness (QED) is 0.935. The van der Waals surface area contributed by atoms with Crippen LogP contribution < -0.4 is 5.32 Å². The molecule has 2 unspecified atom stereocenters. The molecule has 2 heterocycles. The van der Waals surface area contributed by atoms with Crippen molar-refractivity contribution >= 4 is 11.5 Å². The fourth-order valence-electron chi connectivity index (χ4n) is 3.21. The van der Waals surface area contributed by atoms with E-state index >= 15 is 0 Å². The second-order valence-electron chi connectivity index (χ2n) is 6.13. The van der Waals surface area contributed by atoms with Crippen molar-refractivity contribution in [1.29, 1.82) is 0 Å². The predicted molar refractivity (Wildman–Crippen MR) is 79.4 cm³/mol. The van der Waals surface area contributed by atoms with Crippen LogP contribution in [0.25, 0.3) is 5.65 Å². The van der Waals surface area contributed by atoms with Gasteiger partial charge in [0.05, 0.1) is 12.1 Å². The number of fused-ring (bicyclic) bond motifs is 1. The van der Waals surface area contributed by atoms with E-state index in [0.29, 0.717) is 12.0 Å². The third kappa shape index (κ3) is 2.48. The summed E-state index contributed by atoms with van der Waals surface area (Å²) in [7, 11) is 1.80. The van der Waals surface area contributed by atoms with Crippen LogP contribution in [0.2, 0.25) is 0 Å². The Morgan fingerprint density at radius 2 is 2.00 bits per heavy atom. The summed E-state index contributed by atoms with van der Waals surface area (Å²) in [4.78, 5) is 0. The van der Waals surface area contributed by atoms with Gasteiger partial charge in [-0.15, -0.1) is 15.3 Å². The van der Waals surface area contributed by atoms with E-state index in [9.17, 15) is 0 Å². The van der Waals surface area contributed by atoms with Crippen molar-refractivity contribution in [3.05, 3.63) is 18.0 Å². The van der Waals surface area contributed by atoms with Crippen molar-refractivity contribution < 1.29 is 4.74 Å². The van der Waals surface area contributed by atoms with Crippen LogP contribution in [0.4, 0.5) is 5.82 Å². The molecule has 2 aliphatic rings. The predicted octanol–water partition coefficient (Wildman–Crippen LogP) is 2.37. The number of hydrogen-bond acceptors (Lipinski definition) is 5. The summed E-state index contributed by atoms with van der Waals surface area (Å²) in [6, 6.07) is 4.32. The molecular formula is C15H21N5O. The molecule has 112 valence electrons. The van der Waals surface area contributed by atoms with E-state index in [0.717, 1.165) is 30.1 Å². The average molecular weight is 287 g/mol. The molecule has 2 atom stereocenters. The first-order chi connectivity index (χ1) is 10.3. The first-order valence-corrected chi connectivity index (χ1v) is 7.87. The zero-order valence-electron chi connectivity index (χ0n) is 12.3. The summed E-state index contributed by atoms with van der Waals surface area (Å²) in [5, 5.41) is 16.7. The molecule has 6 heteroatoms. The van der Waals surface area contributed by atoms with E-state index in [4.69, 9.17) is 4.74 Å². The normalized spacial score (nSPS) is 26.1. The van der Waals surface area contributed by atoms with E-state index in [1.165, 1.54) is 25.7 Å². The summed E-state index contributed by atoms with van der Waals surface area (Å²) in [6.45, 7) is 0. The SMILES string of the molecule is COC1CCCCC1Nc1ccc2nnc(C3CC3)n2n1. The van der Waals surface area contributed by atoms with Gasteiger partial charge in [-0.25, -0.2) is 0 Å². The van der Waals surface area contributed by atoms with Gasteiger partial charge in [-0.2, -0.15) is 4.52 Å². The number of anilines is 1. The zero-order valence-corrected chi connectivity index (χ0v) is 12.3. The number of rotatable bonds is 4. The molecule has 4 rings (SSSR count). The topological polar surface area (TPSA) is 64.3 Å². The Morgan fingerprint density at radius 1 is 1.14 bits per heavy atom. The molecule has 2 saturated carbocycles. The lowest BCUT2D eigenvalue weighted by Gasteiger charge is -2.31. The van der Waals surface area contributed by atoms with Gasteiger partial charge in [0.2, 0.25) is 0 Å². The Bertz CT molecular complexity index is 636. The Kier molecular flexibility index (Phi) is 3.25. The number of ether oxygens (including phenoxy) is 1. The Hall–Kier alpha value is -1.69. The smallest absolute Gasteiger partial charge is 0.178 e. The Balaban J connectivity index is 1.59. The minimum atomic E-state index is 0.278. The molecule has 0 aromatic carbocycles. The molecule has 2 fully saturated rings. The highest BCUT2D eigenvalue weighted by Crippen LogP contribution is 2.38. The standard InChI is InChI=1S/C15H21N5O/c1-21-12-5-3-2-4-11(12)16-13-8-9-14-17-18-15(10-6-7-10)20(14)19-13/h8-12H,2-7H2,1H3,(H,16,19). The van der Waals surface area contributed by atoms with E-state index in [-0.39, 0.29) is 6.10 Å². The van der Waals surface area contributed by atoms with Gasteiger partial charge in [0.25, 0.3) is 0 Å². The highest BCUT2D eigenvalue weighted by atomic mass is 16.5. The number of nitrogens with one attached hydrogen (secondary N) is 1. The van der Waals surface area contributed by atoms with Gasteiger partial charge < -0.3 is 10.1 Å². The average Bonchev–Trinajstić information content (AvgIpc) is 3.28. The fourth-order valence-corrected chi connectivity index (χ4v) is 3.21. The highest BCUT2D eigenvalue weighted by Gasteiger charge is 2.30. The van der Waals surface area contributed by atoms with Gasteiger partial charge in [0, 0.05) is 13.0 Å². The first kappa shape index (κ1) is 13.0. The lowest BCUT2D eigenvalue weighted by molar-refractivity contribution is 0.0605. The van der Waals surface area contributed by atoms with Crippen molar-refractivity contribution in [1.82, 2.24) is 19.8 Å². The first-order valence-electron chi connectivity index (χ1n) is 7.87. The summed E-state index contributed by atoms with van der Waals surface area (Å²) in [5.74, 6) is 2.43. The van der Waals surface area contributed by atoms with Crippen molar-refractivity contribution in [2.24, 2.45) is 0 Å². The third-order valence-corrected chi connectivity index (χ3v) is 4.57. The molecule has 6 nitrogen and oxygen atoms in total. The Morgan fingerprint density at radius 3 is 2.81 bits per heavy atom. The van der Waals surface area contributed by atoms with Crippen LogP contribution in [0.15, 0.2) is 12.1 Å². The van der Waals surface area contributed by atoms with Crippen molar-refractivity contribution in [3.8, 4) is 0 Å². The summed E-state index contributed by atoms with van der Waals surface area (Å²) in [6.07, 6.45) is 7.44. The lowest BCUT2D eigenvalue weighted by Crippen LogP contribution is -2.38. The monoisotopic (exact) mass is 287 g/mol. The molecule has 0 spiro atoms. The second-order valence-corrected chi connectivity index (χ2v) is 6.13. The molecule has 0 amide bonds. The zero-order chi connectivity index (χ0) is 14.2. The highest BCUT2D eigenvalue weighted by molar-refractivity contribution is 5.45. The van der Waals surface area contributed by atoms with Gasteiger partial charge >= 0.3 is 0 Å². The number of aromatic nitrogens is 4. The summed E-state index contributed by atoms with van der Waals surface area (Å²) >= 11 is 0. The molecule has 0 radical (unpaired) electrons. The minimum Gasteiger partial charge on any atom is -0.379 e. The van der Waals surface area contributed by atoms with Gasteiger partial charge in [-0.1, -0.05) is 12.8 Å². The molecule has 1 N–H and O–H groups in total. The van der Waals surface area contributed by atoms with Gasteiger partial charge in [0.15, 0.2) is 11.5 Å². The Labute approximate surface area is 123 Å². The third-order valence-electron chi connectivity index (χ3n) is 4.57.